The van der Waals surface area contributed by atoms with Gasteiger partial charge in [-0.05, 0) is 24.3 Å². The van der Waals surface area contributed by atoms with Gasteiger partial charge in [0.1, 0.15) is 11.6 Å². The molecule has 1 aliphatic rings. The molecule has 4 rings (SSSR count). The van der Waals surface area contributed by atoms with Crippen LogP contribution in [0.2, 0.25) is 0 Å². The molecule has 122 valence electrons. The lowest BCUT2D eigenvalue weighted by Crippen LogP contribution is -2.13. The predicted octanol–water partition coefficient (Wildman–Crippen LogP) is 3.44. The number of nitrogens with one attached hydrogen (secondary N) is 2. The summed E-state index contributed by atoms with van der Waals surface area (Å²) in [6, 6.07) is 14.7. The molecule has 0 saturated heterocycles. The van der Waals surface area contributed by atoms with Crippen LogP contribution in [0.4, 0.5) is 5.69 Å². The number of rotatable bonds is 3. The summed E-state index contributed by atoms with van der Waals surface area (Å²) >= 11 is 0. The minimum absolute atomic E-state index is 0.0161. The van der Waals surface area contributed by atoms with Crippen LogP contribution >= 0.6 is 0 Å². The Labute approximate surface area is 143 Å². The summed E-state index contributed by atoms with van der Waals surface area (Å²) in [5, 5.41) is 13.0. The van der Waals surface area contributed by atoms with Gasteiger partial charge in [-0.25, -0.2) is 0 Å². The third-order valence-electron chi connectivity index (χ3n) is 3.92. The van der Waals surface area contributed by atoms with Crippen LogP contribution in [-0.4, -0.2) is 17.7 Å². The molecular weight excluding hydrogens is 318 g/mol. The molecule has 6 nitrogen and oxygen atoms in total. The number of carbonyl (C=O) groups is 1. The van der Waals surface area contributed by atoms with Gasteiger partial charge in [0, 0.05) is 34.4 Å². The van der Waals surface area contributed by atoms with Gasteiger partial charge in [-0.1, -0.05) is 18.2 Å². The molecule has 0 fully saturated rings. The summed E-state index contributed by atoms with van der Waals surface area (Å²) in [6.45, 7) is 0.163. The predicted molar refractivity (Wildman–Crippen MR) is 93.1 cm³/mol. The summed E-state index contributed by atoms with van der Waals surface area (Å²) < 4.78 is 10.5. The Morgan fingerprint density at radius 2 is 2.04 bits per heavy atom. The zero-order valence-electron chi connectivity index (χ0n) is 13.1. The highest BCUT2D eigenvalue weighted by Gasteiger charge is 2.16. The Morgan fingerprint density at radius 1 is 1.20 bits per heavy atom. The first-order chi connectivity index (χ1) is 12.2. The first-order valence-corrected chi connectivity index (χ1v) is 7.63. The largest absolute Gasteiger partial charge is 0.454 e. The van der Waals surface area contributed by atoms with Gasteiger partial charge in [0.2, 0.25) is 6.79 Å². The van der Waals surface area contributed by atoms with E-state index < -0.39 is 5.91 Å². The number of hydrogen-bond donors (Lipinski definition) is 2. The Hall–Kier alpha value is -3.72. The van der Waals surface area contributed by atoms with Crippen LogP contribution in [0.5, 0.6) is 11.5 Å². The van der Waals surface area contributed by atoms with Crippen LogP contribution in [0.25, 0.3) is 17.0 Å². The number of aromatic nitrogens is 1. The monoisotopic (exact) mass is 331 g/mol. The quantitative estimate of drug-likeness (QED) is 0.568. The first kappa shape index (κ1) is 14.8. The molecule has 0 radical (unpaired) electrons. The second kappa shape index (κ2) is 6.06. The fourth-order valence-electron chi connectivity index (χ4n) is 2.69. The molecule has 0 spiro atoms. The van der Waals surface area contributed by atoms with Crippen molar-refractivity contribution in [2.45, 2.75) is 0 Å². The van der Waals surface area contributed by atoms with Crippen molar-refractivity contribution in [3.05, 3.63) is 59.8 Å². The van der Waals surface area contributed by atoms with E-state index in [1.54, 1.807) is 30.5 Å². The van der Waals surface area contributed by atoms with E-state index in [0.717, 1.165) is 16.5 Å². The average molecular weight is 331 g/mol. The van der Waals surface area contributed by atoms with Gasteiger partial charge in [0.15, 0.2) is 11.5 Å². The highest BCUT2D eigenvalue weighted by molar-refractivity contribution is 6.10. The molecule has 0 saturated carbocycles. The summed E-state index contributed by atoms with van der Waals surface area (Å²) in [4.78, 5) is 15.5. The van der Waals surface area contributed by atoms with E-state index in [9.17, 15) is 10.1 Å². The van der Waals surface area contributed by atoms with Crippen molar-refractivity contribution in [3.8, 4) is 17.6 Å². The maximum absolute atomic E-state index is 12.4. The van der Waals surface area contributed by atoms with E-state index in [1.807, 2.05) is 30.3 Å². The Morgan fingerprint density at radius 3 is 2.92 bits per heavy atom. The molecular formula is C19H13N3O3. The average Bonchev–Trinajstić information content (AvgIpc) is 3.26. The highest BCUT2D eigenvalue weighted by atomic mass is 16.7. The normalized spacial score (nSPS) is 12.8. The third-order valence-corrected chi connectivity index (χ3v) is 3.92. The fraction of sp³-hybridized carbons (Fsp3) is 0.0526. The van der Waals surface area contributed by atoms with Crippen LogP contribution in [0.3, 0.4) is 0 Å². The fourth-order valence-corrected chi connectivity index (χ4v) is 2.69. The number of nitrogens with zero attached hydrogens (tertiary/aromatic N) is 1. The lowest BCUT2D eigenvalue weighted by molar-refractivity contribution is -0.112. The van der Waals surface area contributed by atoms with E-state index in [0.29, 0.717) is 17.2 Å². The molecule has 3 aromatic rings. The number of benzene rings is 2. The van der Waals surface area contributed by atoms with Crippen molar-refractivity contribution in [2.75, 3.05) is 12.1 Å². The number of nitriles is 1. The number of hydrogen-bond acceptors (Lipinski definition) is 4. The van der Waals surface area contributed by atoms with Crippen LogP contribution < -0.4 is 14.8 Å². The third kappa shape index (κ3) is 2.79. The molecule has 0 unspecified atom stereocenters. The number of aromatic amines is 1. The summed E-state index contributed by atoms with van der Waals surface area (Å²) in [5.41, 5.74) is 2.28. The summed E-state index contributed by atoms with van der Waals surface area (Å²) in [7, 11) is 0. The molecule has 2 heterocycles. The SMILES string of the molecule is N#C/C(=C\c1c[nH]c2ccccc12)C(=O)Nc1ccc2c(c1)OCO2. The Kier molecular flexibility index (Phi) is 3.60. The van der Waals surface area contributed by atoms with Crippen molar-refractivity contribution in [1.82, 2.24) is 4.98 Å². The standard InChI is InChI=1S/C19H13N3O3/c20-9-12(7-13-10-21-16-4-2-1-3-15(13)16)19(23)22-14-5-6-17-18(8-14)25-11-24-17/h1-8,10,21H,11H2,(H,22,23)/b12-7+. The molecule has 6 heteroatoms. The lowest BCUT2D eigenvalue weighted by Gasteiger charge is -2.05. The van der Waals surface area contributed by atoms with Crippen LogP contribution in [0.15, 0.2) is 54.2 Å². The maximum atomic E-state index is 12.4. The molecule has 2 aromatic carbocycles. The topological polar surface area (TPSA) is 87.1 Å². The zero-order chi connectivity index (χ0) is 17.2. The van der Waals surface area contributed by atoms with Crippen LogP contribution in [0.1, 0.15) is 5.56 Å². The number of anilines is 1. The molecule has 2 N–H and O–H groups in total. The molecule has 1 aromatic heterocycles. The number of carbonyl (C=O) groups excluding carboxylic acids is 1. The summed E-state index contributed by atoms with van der Waals surface area (Å²) in [6.07, 6.45) is 3.34. The Bertz CT molecular complexity index is 1040. The lowest BCUT2D eigenvalue weighted by atomic mass is 10.1. The number of amides is 1. The molecule has 25 heavy (non-hydrogen) atoms. The van der Waals surface area contributed by atoms with Gasteiger partial charge in [-0.3, -0.25) is 4.79 Å². The second-order valence-electron chi connectivity index (χ2n) is 5.48. The molecule has 1 amide bonds. The number of fused-ring (bicyclic) bond motifs is 2. The van der Waals surface area contributed by atoms with Crippen molar-refractivity contribution >= 4 is 28.6 Å². The first-order valence-electron chi connectivity index (χ1n) is 7.63. The van der Waals surface area contributed by atoms with E-state index in [4.69, 9.17) is 9.47 Å². The number of para-hydroxylation sites is 1. The summed E-state index contributed by atoms with van der Waals surface area (Å²) in [5.74, 6) is 0.719. The van der Waals surface area contributed by atoms with Crippen LogP contribution in [-0.2, 0) is 4.79 Å². The Balaban J connectivity index is 1.60. The highest BCUT2D eigenvalue weighted by Crippen LogP contribution is 2.34. The molecule has 0 atom stereocenters. The van der Waals surface area contributed by atoms with E-state index in [1.165, 1.54) is 0 Å². The van der Waals surface area contributed by atoms with Crippen molar-refractivity contribution in [3.63, 3.8) is 0 Å². The number of ether oxygens (including phenoxy) is 2. The van der Waals surface area contributed by atoms with Gasteiger partial charge >= 0.3 is 0 Å². The maximum Gasteiger partial charge on any atom is 0.266 e. The van der Waals surface area contributed by atoms with E-state index in [2.05, 4.69) is 10.3 Å². The zero-order valence-corrected chi connectivity index (χ0v) is 13.1. The van der Waals surface area contributed by atoms with Gasteiger partial charge in [0.05, 0.1) is 0 Å². The minimum atomic E-state index is -0.480. The van der Waals surface area contributed by atoms with Gasteiger partial charge in [0.25, 0.3) is 5.91 Å². The van der Waals surface area contributed by atoms with Crippen molar-refractivity contribution in [1.29, 1.82) is 5.26 Å². The number of H-pyrrole nitrogens is 1. The van der Waals surface area contributed by atoms with E-state index in [-0.39, 0.29) is 12.4 Å². The molecule has 0 aliphatic carbocycles. The van der Waals surface area contributed by atoms with E-state index >= 15 is 0 Å². The van der Waals surface area contributed by atoms with Gasteiger partial charge in [-0.15, -0.1) is 0 Å². The van der Waals surface area contributed by atoms with Gasteiger partial charge in [-0.2, -0.15) is 5.26 Å². The van der Waals surface area contributed by atoms with Crippen LogP contribution in [0, 0.1) is 11.3 Å². The van der Waals surface area contributed by atoms with Crippen molar-refractivity contribution < 1.29 is 14.3 Å². The second-order valence-corrected chi connectivity index (χ2v) is 5.48. The van der Waals surface area contributed by atoms with Crippen molar-refractivity contribution in [2.24, 2.45) is 0 Å². The molecule has 1 aliphatic heterocycles. The smallest absolute Gasteiger partial charge is 0.266 e. The minimum Gasteiger partial charge on any atom is -0.454 e. The van der Waals surface area contributed by atoms with Gasteiger partial charge < -0.3 is 19.8 Å². The molecule has 0 bridgehead atoms.